The lowest BCUT2D eigenvalue weighted by atomic mass is 10.1. The number of hydrogen-bond acceptors (Lipinski definition) is 3. The molecule has 4 nitrogen and oxygen atoms in total. The summed E-state index contributed by atoms with van der Waals surface area (Å²) >= 11 is 4.90. The highest BCUT2D eigenvalue weighted by Crippen LogP contribution is 2.20. The Labute approximate surface area is 117 Å². The van der Waals surface area contributed by atoms with Gasteiger partial charge in [-0.25, -0.2) is 4.39 Å². The molecule has 0 aliphatic carbocycles. The molecule has 0 saturated carbocycles. The molecule has 0 aliphatic rings. The fraction of sp³-hybridized carbons (Fsp3) is 0.385. The second-order valence-electron chi connectivity index (χ2n) is 4.23. The Bertz CT molecular complexity index is 479. The Kier molecular flexibility index (Phi) is 5.69. The van der Waals surface area contributed by atoms with E-state index in [1.807, 2.05) is 6.92 Å². The zero-order valence-electron chi connectivity index (χ0n) is 11.1. The van der Waals surface area contributed by atoms with Gasteiger partial charge in [0.1, 0.15) is 10.8 Å². The van der Waals surface area contributed by atoms with Crippen molar-refractivity contribution in [2.75, 3.05) is 25.0 Å². The minimum absolute atomic E-state index is 0.0948. The molecular formula is C13H18FN3OS. The summed E-state index contributed by atoms with van der Waals surface area (Å²) in [6.07, 6.45) is 0.879. The van der Waals surface area contributed by atoms with Crippen molar-refractivity contribution in [3.8, 4) is 0 Å². The van der Waals surface area contributed by atoms with E-state index in [4.69, 9.17) is 18.0 Å². The van der Waals surface area contributed by atoms with Crippen LogP contribution in [0.4, 0.5) is 10.1 Å². The number of amides is 1. The molecule has 1 rings (SSSR count). The van der Waals surface area contributed by atoms with Crippen molar-refractivity contribution >= 4 is 28.8 Å². The van der Waals surface area contributed by atoms with Gasteiger partial charge in [-0.1, -0.05) is 19.1 Å². The number of anilines is 1. The molecule has 1 aromatic rings. The van der Waals surface area contributed by atoms with Gasteiger partial charge < -0.3 is 16.0 Å². The molecule has 0 bridgehead atoms. The van der Waals surface area contributed by atoms with Crippen molar-refractivity contribution in [2.45, 2.75) is 13.3 Å². The quantitative estimate of drug-likeness (QED) is 0.775. The van der Waals surface area contributed by atoms with Gasteiger partial charge in [-0.2, -0.15) is 0 Å². The molecule has 0 radical (unpaired) electrons. The number of benzene rings is 1. The first-order valence-electron chi connectivity index (χ1n) is 6.03. The van der Waals surface area contributed by atoms with Crippen LogP contribution >= 0.6 is 12.2 Å². The molecule has 0 aliphatic heterocycles. The molecule has 0 aromatic heterocycles. The molecule has 6 heteroatoms. The van der Waals surface area contributed by atoms with Gasteiger partial charge in [0.25, 0.3) is 0 Å². The minimum Gasteiger partial charge on any atom is -0.389 e. The zero-order chi connectivity index (χ0) is 14.4. The van der Waals surface area contributed by atoms with Gasteiger partial charge in [-0.3, -0.25) is 4.79 Å². The average molecular weight is 283 g/mol. The van der Waals surface area contributed by atoms with Crippen molar-refractivity contribution < 1.29 is 9.18 Å². The predicted octanol–water partition coefficient (Wildman–Crippen LogP) is 1.42. The number of carbonyl (C=O) groups is 1. The molecule has 0 atom stereocenters. The van der Waals surface area contributed by atoms with Crippen LogP contribution in [0.2, 0.25) is 0 Å². The van der Waals surface area contributed by atoms with Crippen LogP contribution in [0.5, 0.6) is 0 Å². The SMILES string of the molecule is CCCNC(=O)CN(C)c1ccc(F)cc1C(N)=S. The van der Waals surface area contributed by atoms with E-state index in [2.05, 4.69) is 5.32 Å². The Hall–Kier alpha value is -1.69. The summed E-state index contributed by atoms with van der Waals surface area (Å²) in [7, 11) is 1.74. The van der Waals surface area contributed by atoms with Crippen molar-refractivity contribution in [3.05, 3.63) is 29.6 Å². The van der Waals surface area contributed by atoms with Crippen molar-refractivity contribution in [1.29, 1.82) is 0 Å². The second-order valence-corrected chi connectivity index (χ2v) is 4.67. The van der Waals surface area contributed by atoms with E-state index in [0.29, 0.717) is 17.8 Å². The first kappa shape index (κ1) is 15.4. The summed E-state index contributed by atoms with van der Waals surface area (Å²) in [6.45, 7) is 2.79. The molecule has 1 amide bonds. The zero-order valence-corrected chi connectivity index (χ0v) is 11.9. The van der Waals surface area contributed by atoms with Gasteiger partial charge in [0.2, 0.25) is 5.91 Å². The molecule has 0 heterocycles. The number of carbonyl (C=O) groups excluding carboxylic acids is 1. The van der Waals surface area contributed by atoms with Crippen LogP contribution in [0.15, 0.2) is 18.2 Å². The number of likely N-dealkylation sites (N-methyl/N-ethyl adjacent to an activating group) is 1. The lowest BCUT2D eigenvalue weighted by Gasteiger charge is -2.21. The maximum absolute atomic E-state index is 13.2. The topological polar surface area (TPSA) is 58.4 Å². The monoisotopic (exact) mass is 283 g/mol. The van der Waals surface area contributed by atoms with Gasteiger partial charge in [0.15, 0.2) is 0 Å². The van der Waals surface area contributed by atoms with Crippen LogP contribution in [0, 0.1) is 5.82 Å². The Morgan fingerprint density at radius 3 is 2.79 bits per heavy atom. The van der Waals surface area contributed by atoms with E-state index in [0.717, 1.165) is 6.42 Å². The third-order valence-corrected chi connectivity index (χ3v) is 2.81. The lowest BCUT2D eigenvalue weighted by Crippen LogP contribution is -2.36. The van der Waals surface area contributed by atoms with Crippen LogP contribution < -0.4 is 16.0 Å². The number of nitrogens with zero attached hydrogens (tertiary/aromatic N) is 1. The molecule has 0 unspecified atom stereocenters. The minimum atomic E-state index is -0.407. The van der Waals surface area contributed by atoms with Crippen LogP contribution in [0.1, 0.15) is 18.9 Å². The summed E-state index contributed by atoms with van der Waals surface area (Å²) in [5.41, 5.74) is 6.64. The molecule has 0 saturated heterocycles. The van der Waals surface area contributed by atoms with Crippen LogP contribution in [-0.4, -0.2) is 31.0 Å². The van der Waals surface area contributed by atoms with E-state index < -0.39 is 5.82 Å². The standard InChI is InChI=1S/C13H18FN3OS/c1-3-6-16-12(18)8-17(2)11-5-4-9(14)7-10(11)13(15)19/h4-5,7H,3,6,8H2,1-2H3,(H2,15,19)(H,16,18). The van der Waals surface area contributed by atoms with Crippen LogP contribution in [0.3, 0.4) is 0 Å². The number of thiocarbonyl (C=S) groups is 1. The molecule has 3 N–H and O–H groups in total. The summed E-state index contributed by atoms with van der Waals surface area (Å²) < 4.78 is 13.2. The number of hydrogen-bond donors (Lipinski definition) is 2. The first-order chi connectivity index (χ1) is 8.95. The molecule has 0 spiro atoms. The van der Waals surface area contributed by atoms with E-state index >= 15 is 0 Å². The largest absolute Gasteiger partial charge is 0.389 e. The Morgan fingerprint density at radius 1 is 1.53 bits per heavy atom. The normalized spacial score (nSPS) is 10.1. The lowest BCUT2D eigenvalue weighted by molar-refractivity contribution is -0.119. The van der Waals surface area contributed by atoms with Gasteiger partial charge in [-0.15, -0.1) is 0 Å². The summed E-state index contributed by atoms with van der Waals surface area (Å²) in [6, 6.07) is 4.16. The molecule has 19 heavy (non-hydrogen) atoms. The summed E-state index contributed by atoms with van der Waals surface area (Å²) in [4.78, 5) is 13.4. The third-order valence-electron chi connectivity index (χ3n) is 2.59. The highest BCUT2D eigenvalue weighted by Gasteiger charge is 2.13. The Morgan fingerprint density at radius 2 is 2.21 bits per heavy atom. The maximum Gasteiger partial charge on any atom is 0.239 e. The molecule has 1 aromatic carbocycles. The van der Waals surface area contributed by atoms with Crippen molar-refractivity contribution in [2.24, 2.45) is 5.73 Å². The van der Waals surface area contributed by atoms with Crippen LogP contribution in [0.25, 0.3) is 0 Å². The predicted molar refractivity (Wildman–Crippen MR) is 78.9 cm³/mol. The third kappa shape index (κ3) is 4.48. The molecule has 0 fully saturated rings. The number of rotatable bonds is 6. The second kappa shape index (κ2) is 7.04. The maximum atomic E-state index is 13.2. The van der Waals surface area contributed by atoms with Gasteiger partial charge in [-0.05, 0) is 24.6 Å². The smallest absolute Gasteiger partial charge is 0.239 e. The average Bonchev–Trinajstić information content (AvgIpc) is 2.35. The fourth-order valence-electron chi connectivity index (χ4n) is 1.66. The fourth-order valence-corrected chi connectivity index (χ4v) is 1.82. The van der Waals surface area contributed by atoms with Gasteiger partial charge in [0, 0.05) is 24.8 Å². The van der Waals surface area contributed by atoms with E-state index in [1.165, 1.54) is 12.1 Å². The number of halogens is 1. The van der Waals surface area contributed by atoms with E-state index in [1.54, 1.807) is 18.0 Å². The van der Waals surface area contributed by atoms with E-state index in [9.17, 15) is 9.18 Å². The highest BCUT2D eigenvalue weighted by molar-refractivity contribution is 7.80. The number of nitrogens with one attached hydrogen (secondary N) is 1. The van der Waals surface area contributed by atoms with Crippen molar-refractivity contribution in [3.63, 3.8) is 0 Å². The summed E-state index contributed by atoms with van der Waals surface area (Å²) in [5.74, 6) is -0.502. The molecule has 104 valence electrons. The first-order valence-corrected chi connectivity index (χ1v) is 6.43. The van der Waals surface area contributed by atoms with Gasteiger partial charge in [0.05, 0.1) is 6.54 Å². The Balaban J connectivity index is 2.84. The van der Waals surface area contributed by atoms with Crippen LogP contribution in [-0.2, 0) is 4.79 Å². The van der Waals surface area contributed by atoms with Crippen molar-refractivity contribution in [1.82, 2.24) is 5.32 Å². The summed E-state index contributed by atoms with van der Waals surface area (Å²) in [5, 5.41) is 2.77. The number of nitrogens with two attached hydrogens (primary N) is 1. The molecular weight excluding hydrogens is 265 g/mol. The van der Waals surface area contributed by atoms with Gasteiger partial charge >= 0.3 is 0 Å². The van der Waals surface area contributed by atoms with E-state index in [-0.39, 0.29) is 17.4 Å². The highest BCUT2D eigenvalue weighted by atomic mass is 32.1.